The van der Waals surface area contributed by atoms with Gasteiger partial charge < -0.3 is 5.32 Å². The molecule has 0 radical (unpaired) electrons. The molecular weight excluding hydrogens is 267 g/mol. The number of nitrogens with zero attached hydrogens (tertiary/aromatic N) is 1. The molecule has 0 aliphatic carbocycles. The van der Waals surface area contributed by atoms with E-state index in [-0.39, 0.29) is 18.1 Å². The topological polar surface area (TPSA) is 42.0 Å². The van der Waals surface area contributed by atoms with Crippen molar-refractivity contribution in [2.45, 2.75) is 6.42 Å². The summed E-state index contributed by atoms with van der Waals surface area (Å²) in [5.41, 5.74) is 1.45. The van der Waals surface area contributed by atoms with Gasteiger partial charge in [0.25, 0.3) is 0 Å². The Kier molecular flexibility index (Phi) is 3.60. The minimum atomic E-state index is -0.308. The van der Waals surface area contributed by atoms with E-state index in [0.29, 0.717) is 5.69 Å². The summed E-state index contributed by atoms with van der Waals surface area (Å²) >= 11 is 0. The average Bonchev–Trinajstić information content (AvgIpc) is 2.50. The van der Waals surface area contributed by atoms with Crippen molar-refractivity contribution in [3.05, 3.63) is 72.3 Å². The smallest absolute Gasteiger partial charge is 0.228 e. The van der Waals surface area contributed by atoms with Gasteiger partial charge in [0.1, 0.15) is 5.82 Å². The van der Waals surface area contributed by atoms with Crippen LogP contribution < -0.4 is 5.32 Å². The zero-order chi connectivity index (χ0) is 14.7. The number of carbonyl (C=O) groups excluding carboxylic acids is 1. The number of benzene rings is 2. The van der Waals surface area contributed by atoms with Crippen LogP contribution in [-0.2, 0) is 11.2 Å². The van der Waals surface area contributed by atoms with Gasteiger partial charge in [0.05, 0.1) is 18.3 Å². The lowest BCUT2D eigenvalue weighted by Crippen LogP contribution is -2.14. The maximum atomic E-state index is 12.8. The third kappa shape index (κ3) is 3.05. The predicted octanol–water partition coefficient (Wildman–Crippen LogP) is 3.56. The van der Waals surface area contributed by atoms with Gasteiger partial charge in [-0.15, -0.1) is 0 Å². The van der Waals surface area contributed by atoms with Crippen LogP contribution in [0.4, 0.5) is 10.1 Å². The third-order valence-electron chi connectivity index (χ3n) is 3.22. The highest BCUT2D eigenvalue weighted by atomic mass is 19.1. The quantitative estimate of drug-likeness (QED) is 0.797. The summed E-state index contributed by atoms with van der Waals surface area (Å²) in [6, 6.07) is 13.6. The molecule has 0 aliphatic rings. The van der Waals surface area contributed by atoms with Gasteiger partial charge in [-0.2, -0.15) is 0 Å². The number of amides is 1. The van der Waals surface area contributed by atoms with Crippen LogP contribution in [0.25, 0.3) is 10.8 Å². The number of anilines is 1. The molecule has 0 atom stereocenters. The number of nitrogens with one attached hydrogen (secondary N) is 1. The molecule has 3 rings (SSSR count). The van der Waals surface area contributed by atoms with Crippen LogP contribution >= 0.6 is 0 Å². The molecule has 2 aromatic carbocycles. The number of pyridine rings is 1. The van der Waals surface area contributed by atoms with Crippen molar-refractivity contribution in [1.82, 2.24) is 4.98 Å². The molecule has 1 N–H and O–H groups in total. The van der Waals surface area contributed by atoms with Crippen LogP contribution in [0.5, 0.6) is 0 Å². The van der Waals surface area contributed by atoms with Gasteiger partial charge >= 0.3 is 0 Å². The Bertz CT molecular complexity index is 779. The number of carbonyl (C=O) groups is 1. The molecule has 4 heteroatoms. The molecule has 0 saturated carbocycles. The zero-order valence-electron chi connectivity index (χ0n) is 11.2. The van der Waals surface area contributed by atoms with E-state index in [1.165, 1.54) is 12.1 Å². The average molecular weight is 280 g/mol. The lowest BCUT2D eigenvalue weighted by Gasteiger charge is -2.08. The first kappa shape index (κ1) is 13.2. The Labute approximate surface area is 121 Å². The Morgan fingerprint density at radius 1 is 1.05 bits per heavy atom. The molecule has 1 aromatic heterocycles. The van der Waals surface area contributed by atoms with Crippen LogP contribution in [-0.4, -0.2) is 10.9 Å². The molecule has 3 nitrogen and oxygen atoms in total. The largest absolute Gasteiger partial charge is 0.324 e. The first-order chi connectivity index (χ1) is 10.2. The summed E-state index contributed by atoms with van der Waals surface area (Å²) in [5, 5.41) is 4.77. The molecule has 0 spiro atoms. The standard InChI is InChI=1S/C17H13FN2O/c18-14-7-5-12(6-8-14)9-17(21)20-16-11-19-10-13-3-1-2-4-15(13)16/h1-8,10-11H,9H2,(H,20,21). The Hall–Kier alpha value is -2.75. The number of aromatic nitrogens is 1. The van der Waals surface area contributed by atoms with E-state index in [1.807, 2.05) is 24.3 Å². The summed E-state index contributed by atoms with van der Waals surface area (Å²) in [6.07, 6.45) is 3.58. The van der Waals surface area contributed by atoms with E-state index in [4.69, 9.17) is 0 Å². The van der Waals surface area contributed by atoms with Crippen molar-refractivity contribution in [2.75, 3.05) is 5.32 Å². The maximum absolute atomic E-state index is 12.8. The highest BCUT2D eigenvalue weighted by Crippen LogP contribution is 2.21. The van der Waals surface area contributed by atoms with Crippen molar-refractivity contribution < 1.29 is 9.18 Å². The summed E-state index contributed by atoms with van der Waals surface area (Å²) in [5.74, 6) is -0.461. The lowest BCUT2D eigenvalue weighted by atomic mass is 10.1. The molecule has 0 unspecified atom stereocenters. The summed E-state index contributed by atoms with van der Waals surface area (Å²) in [4.78, 5) is 16.2. The summed E-state index contributed by atoms with van der Waals surface area (Å²) < 4.78 is 12.8. The van der Waals surface area contributed by atoms with Gasteiger partial charge in [0, 0.05) is 17.0 Å². The number of halogens is 1. The first-order valence-electron chi connectivity index (χ1n) is 6.59. The minimum absolute atomic E-state index is 0.153. The van der Waals surface area contributed by atoms with Gasteiger partial charge in [-0.3, -0.25) is 9.78 Å². The van der Waals surface area contributed by atoms with E-state index in [9.17, 15) is 9.18 Å². The maximum Gasteiger partial charge on any atom is 0.228 e. The number of hydrogen-bond acceptors (Lipinski definition) is 2. The van der Waals surface area contributed by atoms with Crippen LogP contribution in [0.3, 0.4) is 0 Å². The van der Waals surface area contributed by atoms with Gasteiger partial charge in [0.15, 0.2) is 0 Å². The molecular formula is C17H13FN2O. The molecule has 21 heavy (non-hydrogen) atoms. The fourth-order valence-electron chi connectivity index (χ4n) is 2.20. The third-order valence-corrected chi connectivity index (χ3v) is 3.22. The van der Waals surface area contributed by atoms with E-state index < -0.39 is 0 Å². The van der Waals surface area contributed by atoms with Crippen molar-refractivity contribution in [1.29, 1.82) is 0 Å². The second kappa shape index (κ2) is 5.71. The molecule has 0 fully saturated rings. The molecule has 3 aromatic rings. The van der Waals surface area contributed by atoms with E-state index in [0.717, 1.165) is 16.3 Å². The molecule has 104 valence electrons. The second-order valence-corrected chi connectivity index (χ2v) is 4.76. The Morgan fingerprint density at radius 2 is 1.81 bits per heavy atom. The van der Waals surface area contributed by atoms with Crippen LogP contribution in [0.15, 0.2) is 60.9 Å². The number of rotatable bonds is 3. The van der Waals surface area contributed by atoms with Gasteiger partial charge in [-0.1, -0.05) is 36.4 Å². The Balaban J connectivity index is 1.79. The van der Waals surface area contributed by atoms with Crippen LogP contribution in [0.2, 0.25) is 0 Å². The summed E-state index contributed by atoms with van der Waals surface area (Å²) in [6.45, 7) is 0. The zero-order valence-corrected chi connectivity index (χ0v) is 11.2. The van der Waals surface area contributed by atoms with Crippen LogP contribution in [0, 0.1) is 5.82 Å². The molecule has 0 bridgehead atoms. The van der Waals surface area contributed by atoms with Crippen molar-refractivity contribution in [2.24, 2.45) is 0 Å². The van der Waals surface area contributed by atoms with E-state index >= 15 is 0 Å². The lowest BCUT2D eigenvalue weighted by molar-refractivity contribution is -0.115. The highest BCUT2D eigenvalue weighted by molar-refractivity contribution is 6.02. The fourth-order valence-corrected chi connectivity index (χ4v) is 2.20. The first-order valence-corrected chi connectivity index (χ1v) is 6.59. The fraction of sp³-hybridized carbons (Fsp3) is 0.0588. The molecule has 1 heterocycles. The highest BCUT2D eigenvalue weighted by Gasteiger charge is 2.07. The van der Waals surface area contributed by atoms with Crippen molar-refractivity contribution in [3.8, 4) is 0 Å². The van der Waals surface area contributed by atoms with E-state index in [1.54, 1.807) is 24.5 Å². The SMILES string of the molecule is O=C(Cc1ccc(F)cc1)Nc1cncc2ccccc12. The molecule has 1 amide bonds. The van der Waals surface area contributed by atoms with Gasteiger partial charge in [0.2, 0.25) is 5.91 Å². The Morgan fingerprint density at radius 3 is 2.62 bits per heavy atom. The minimum Gasteiger partial charge on any atom is -0.324 e. The van der Waals surface area contributed by atoms with E-state index in [2.05, 4.69) is 10.3 Å². The predicted molar refractivity (Wildman–Crippen MR) is 80.5 cm³/mol. The van der Waals surface area contributed by atoms with Crippen LogP contribution in [0.1, 0.15) is 5.56 Å². The van der Waals surface area contributed by atoms with Gasteiger partial charge in [-0.25, -0.2) is 4.39 Å². The van der Waals surface area contributed by atoms with Gasteiger partial charge in [-0.05, 0) is 17.7 Å². The summed E-state index contributed by atoms with van der Waals surface area (Å²) in [7, 11) is 0. The van der Waals surface area contributed by atoms with Crippen molar-refractivity contribution >= 4 is 22.4 Å². The molecule has 0 aliphatic heterocycles. The molecule has 0 saturated heterocycles. The number of fused-ring (bicyclic) bond motifs is 1. The number of hydrogen-bond donors (Lipinski definition) is 1. The van der Waals surface area contributed by atoms with Crippen molar-refractivity contribution in [3.63, 3.8) is 0 Å². The second-order valence-electron chi connectivity index (χ2n) is 4.76. The monoisotopic (exact) mass is 280 g/mol. The normalized spacial score (nSPS) is 10.5.